The molecule has 4 nitrogen and oxygen atoms in total. The maximum atomic E-state index is 5.75. The summed E-state index contributed by atoms with van der Waals surface area (Å²) in [4.78, 5) is 6.76. The molecule has 104 valence electrons. The number of nitrogens with zero attached hydrogens (tertiary/aromatic N) is 2. The van der Waals surface area contributed by atoms with Crippen molar-refractivity contribution in [3.8, 4) is 0 Å². The second-order valence-corrected chi connectivity index (χ2v) is 5.19. The number of hydrogen-bond acceptors (Lipinski definition) is 2. The first-order valence-corrected chi connectivity index (χ1v) is 7.09. The van der Waals surface area contributed by atoms with E-state index in [1.165, 1.54) is 45.3 Å². The third kappa shape index (κ3) is 7.33. The molecule has 0 atom stereocenters. The van der Waals surface area contributed by atoms with Crippen LogP contribution in [0.5, 0.6) is 0 Å². The van der Waals surface area contributed by atoms with E-state index in [4.69, 9.17) is 5.73 Å². The predicted molar refractivity (Wildman–Crippen MR) is 78.8 cm³/mol. The van der Waals surface area contributed by atoms with E-state index in [0.717, 1.165) is 18.5 Å². The van der Waals surface area contributed by atoms with Gasteiger partial charge in [-0.1, -0.05) is 25.0 Å². The molecule has 1 saturated heterocycles. The fourth-order valence-corrected chi connectivity index (χ4v) is 2.15. The van der Waals surface area contributed by atoms with Crippen molar-refractivity contribution in [2.45, 2.75) is 39.0 Å². The molecule has 18 heavy (non-hydrogen) atoms. The maximum absolute atomic E-state index is 5.75. The fraction of sp³-hybridized carbons (Fsp3) is 0.786. The minimum absolute atomic E-state index is 0.536. The zero-order valence-corrected chi connectivity index (χ0v) is 11.7. The van der Waals surface area contributed by atoms with Crippen LogP contribution in [0.15, 0.2) is 17.1 Å². The van der Waals surface area contributed by atoms with Crippen LogP contribution in [-0.4, -0.2) is 43.6 Å². The van der Waals surface area contributed by atoms with Gasteiger partial charge in [0.15, 0.2) is 5.96 Å². The molecular weight excluding hydrogens is 224 g/mol. The van der Waals surface area contributed by atoms with Gasteiger partial charge in [-0.15, -0.1) is 0 Å². The molecule has 0 saturated carbocycles. The second-order valence-electron chi connectivity index (χ2n) is 5.19. The highest BCUT2D eigenvalue weighted by Gasteiger charge is 2.07. The van der Waals surface area contributed by atoms with Crippen molar-refractivity contribution < 1.29 is 0 Å². The molecule has 0 spiro atoms. The summed E-state index contributed by atoms with van der Waals surface area (Å²) < 4.78 is 0. The van der Waals surface area contributed by atoms with Gasteiger partial charge in [-0.3, -0.25) is 0 Å². The van der Waals surface area contributed by atoms with E-state index < -0.39 is 0 Å². The predicted octanol–water partition coefficient (Wildman–Crippen LogP) is 1.73. The van der Waals surface area contributed by atoms with E-state index in [9.17, 15) is 0 Å². The molecule has 1 heterocycles. The number of nitrogens with two attached hydrogens (primary N) is 1. The lowest BCUT2D eigenvalue weighted by Crippen LogP contribution is -2.35. The Morgan fingerprint density at radius 2 is 1.94 bits per heavy atom. The fourth-order valence-electron chi connectivity index (χ4n) is 2.15. The van der Waals surface area contributed by atoms with Gasteiger partial charge in [-0.25, -0.2) is 4.99 Å². The molecule has 1 aliphatic heterocycles. The highest BCUT2D eigenvalue weighted by molar-refractivity contribution is 5.77. The van der Waals surface area contributed by atoms with Gasteiger partial charge in [0.25, 0.3) is 0 Å². The van der Waals surface area contributed by atoms with Crippen LogP contribution < -0.4 is 11.1 Å². The lowest BCUT2D eigenvalue weighted by molar-refractivity contribution is 0.282. The number of nitrogens with one attached hydrogen (secondary N) is 1. The molecule has 0 aromatic carbocycles. The largest absolute Gasteiger partial charge is 0.370 e. The van der Waals surface area contributed by atoms with E-state index >= 15 is 0 Å². The Bertz CT molecular complexity index is 265. The normalized spacial score (nSPS) is 18.4. The molecular formula is C14H28N4. The quantitative estimate of drug-likeness (QED) is 0.328. The molecule has 1 rings (SSSR count). The summed E-state index contributed by atoms with van der Waals surface area (Å²) in [6.07, 6.45) is 6.64. The molecule has 0 aromatic rings. The molecule has 0 aromatic heterocycles. The average molecular weight is 252 g/mol. The molecule has 0 amide bonds. The Hall–Kier alpha value is -1.03. The summed E-state index contributed by atoms with van der Waals surface area (Å²) >= 11 is 0. The summed E-state index contributed by atoms with van der Waals surface area (Å²) in [5.74, 6) is 0.536. The number of hydrogen-bond donors (Lipinski definition) is 2. The minimum atomic E-state index is 0.536. The average Bonchev–Trinajstić information content (AvgIpc) is 2.60. The first-order valence-electron chi connectivity index (χ1n) is 7.09. The van der Waals surface area contributed by atoms with Gasteiger partial charge in [0, 0.05) is 6.54 Å². The monoisotopic (exact) mass is 252 g/mol. The Morgan fingerprint density at radius 1 is 1.28 bits per heavy atom. The number of rotatable bonds is 6. The Labute approximate surface area is 111 Å². The Kier molecular flexibility index (Phi) is 7.49. The summed E-state index contributed by atoms with van der Waals surface area (Å²) in [7, 11) is 0. The Morgan fingerprint density at radius 3 is 2.56 bits per heavy atom. The Balaban J connectivity index is 2.06. The molecule has 1 aliphatic rings. The van der Waals surface area contributed by atoms with E-state index in [2.05, 4.69) is 21.8 Å². The molecule has 0 radical (unpaired) electrons. The SMILES string of the molecule is C=C(C)CN=C(N)NCCCN1CCCCCC1. The highest BCUT2D eigenvalue weighted by Crippen LogP contribution is 2.09. The topological polar surface area (TPSA) is 53.6 Å². The summed E-state index contributed by atoms with van der Waals surface area (Å²) in [5, 5.41) is 3.15. The van der Waals surface area contributed by atoms with E-state index in [-0.39, 0.29) is 0 Å². The third-order valence-corrected chi connectivity index (χ3v) is 3.18. The van der Waals surface area contributed by atoms with Gasteiger partial charge in [0.2, 0.25) is 0 Å². The molecule has 4 heteroatoms. The summed E-state index contributed by atoms with van der Waals surface area (Å²) in [6, 6.07) is 0. The van der Waals surface area contributed by atoms with Crippen LogP contribution in [0.25, 0.3) is 0 Å². The molecule has 0 aliphatic carbocycles. The summed E-state index contributed by atoms with van der Waals surface area (Å²) in [5.41, 5.74) is 6.78. The van der Waals surface area contributed by atoms with Crippen molar-refractivity contribution in [2.75, 3.05) is 32.7 Å². The molecule has 0 bridgehead atoms. The first kappa shape index (κ1) is 15.0. The second kappa shape index (κ2) is 8.97. The third-order valence-electron chi connectivity index (χ3n) is 3.18. The number of aliphatic imine (C=N–C) groups is 1. The van der Waals surface area contributed by atoms with Crippen molar-refractivity contribution in [2.24, 2.45) is 10.7 Å². The van der Waals surface area contributed by atoms with E-state index in [1.807, 2.05) is 6.92 Å². The molecule has 3 N–H and O–H groups in total. The zero-order valence-electron chi connectivity index (χ0n) is 11.7. The minimum Gasteiger partial charge on any atom is -0.370 e. The van der Waals surface area contributed by atoms with Crippen molar-refractivity contribution in [3.05, 3.63) is 12.2 Å². The van der Waals surface area contributed by atoms with Crippen LogP contribution in [0, 0.1) is 0 Å². The van der Waals surface area contributed by atoms with Crippen molar-refractivity contribution in [3.63, 3.8) is 0 Å². The zero-order chi connectivity index (χ0) is 13.2. The van der Waals surface area contributed by atoms with Crippen LogP contribution in [-0.2, 0) is 0 Å². The van der Waals surface area contributed by atoms with Crippen LogP contribution in [0.3, 0.4) is 0 Å². The lowest BCUT2D eigenvalue weighted by atomic mass is 10.2. The van der Waals surface area contributed by atoms with Crippen molar-refractivity contribution >= 4 is 5.96 Å². The van der Waals surface area contributed by atoms with Crippen molar-refractivity contribution in [1.29, 1.82) is 0 Å². The van der Waals surface area contributed by atoms with Gasteiger partial charge in [-0.05, 0) is 45.8 Å². The molecule has 0 unspecified atom stereocenters. The maximum Gasteiger partial charge on any atom is 0.188 e. The lowest BCUT2D eigenvalue weighted by Gasteiger charge is -2.19. The van der Waals surface area contributed by atoms with Gasteiger partial charge >= 0.3 is 0 Å². The van der Waals surface area contributed by atoms with Crippen molar-refractivity contribution in [1.82, 2.24) is 10.2 Å². The first-order chi connectivity index (χ1) is 8.68. The van der Waals surface area contributed by atoms with E-state index in [1.54, 1.807) is 0 Å². The van der Waals surface area contributed by atoms with Crippen LogP contribution in [0.4, 0.5) is 0 Å². The number of guanidine groups is 1. The van der Waals surface area contributed by atoms with Gasteiger partial charge in [0.1, 0.15) is 0 Å². The van der Waals surface area contributed by atoms with Crippen LogP contribution in [0.2, 0.25) is 0 Å². The van der Waals surface area contributed by atoms with Gasteiger partial charge in [-0.2, -0.15) is 0 Å². The summed E-state index contributed by atoms with van der Waals surface area (Å²) in [6.45, 7) is 11.0. The number of likely N-dealkylation sites (tertiary alicyclic amines) is 1. The highest BCUT2D eigenvalue weighted by atomic mass is 15.1. The van der Waals surface area contributed by atoms with Gasteiger partial charge < -0.3 is 16.0 Å². The van der Waals surface area contributed by atoms with Crippen LogP contribution >= 0.6 is 0 Å². The van der Waals surface area contributed by atoms with Crippen LogP contribution in [0.1, 0.15) is 39.0 Å². The standard InChI is InChI=1S/C14H28N4/c1-13(2)12-17-14(15)16-8-7-11-18-9-5-3-4-6-10-18/h1,3-12H2,2H3,(H3,15,16,17). The molecule has 1 fully saturated rings. The smallest absolute Gasteiger partial charge is 0.188 e. The van der Waals surface area contributed by atoms with Gasteiger partial charge in [0.05, 0.1) is 6.54 Å². The van der Waals surface area contributed by atoms with E-state index in [0.29, 0.717) is 12.5 Å².